The number of rotatable bonds is 2. The smallest absolute Gasteiger partial charge is 0.139 e. The standard InChI is InChI=1S/C17H17N3O/c1-2-4-15-11(3-1)13(9-21-15)17-19-14-8-18-7-12(14)16(20-17)10-5-6-10/h1-4,10,13,18H,5-9H2. The van der Waals surface area contributed by atoms with Crippen LogP contribution >= 0.6 is 0 Å². The van der Waals surface area contributed by atoms with Gasteiger partial charge in [0.1, 0.15) is 18.2 Å². The summed E-state index contributed by atoms with van der Waals surface area (Å²) in [5, 5.41) is 3.41. The van der Waals surface area contributed by atoms with E-state index in [0.29, 0.717) is 12.5 Å². The number of hydrogen-bond donors (Lipinski definition) is 1. The molecule has 1 fully saturated rings. The van der Waals surface area contributed by atoms with Crippen LogP contribution in [0.3, 0.4) is 0 Å². The quantitative estimate of drug-likeness (QED) is 0.917. The van der Waals surface area contributed by atoms with Crippen molar-refractivity contribution < 1.29 is 4.74 Å². The molecule has 106 valence electrons. The highest BCUT2D eigenvalue weighted by Gasteiger charge is 2.34. The molecule has 0 saturated heterocycles. The number of nitrogens with zero attached hydrogens (tertiary/aromatic N) is 2. The molecule has 2 aliphatic heterocycles. The molecule has 0 spiro atoms. The molecule has 1 aromatic carbocycles. The van der Waals surface area contributed by atoms with Crippen molar-refractivity contribution in [1.82, 2.24) is 15.3 Å². The lowest BCUT2D eigenvalue weighted by atomic mass is 9.99. The van der Waals surface area contributed by atoms with E-state index in [9.17, 15) is 0 Å². The Bertz CT molecular complexity index is 724. The average molecular weight is 279 g/mol. The molecule has 0 radical (unpaired) electrons. The van der Waals surface area contributed by atoms with Crippen LogP contribution in [0, 0.1) is 0 Å². The van der Waals surface area contributed by atoms with Gasteiger partial charge in [-0.3, -0.25) is 0 Å². The summed E-state index contributed by atoms with van der Waals surface area (Å²) in [6.07, 6.45) is 2.56. The number of para-hydroxylation sites is 1. The molecule has 1 N–H and O–H groups in total. The number of nitrogens with one attached hydrogen (secondary N) is 1. The van der Waals surface area contributed by atoms with Crippen molar-refractivity contribution in [3.05, 3.63) is 52.6 Å². The highest BCUT2D eigenvalue weighted by Crippen LogP contribution is 2.43. The van der Waals surface area contributed by atoms with Crippen LogP contribution < -0.4 is 10.1 Å². The zero-order chi connectivity index (χ0) is 13.8. The Kier molecular flexibility index (Phi) is 2.38. The SMILES string of the molecule is c1ccc2c(c1)OCC2c1nc2c(c(C3CC3)n1)CNC2. The molecule has 5 rings (SSSR count). The van der Waals surface area contributed by atoms with Crippen LogP contribution in [-0.2, 0) is 13.1 Å². The summed E-state index contributed by atoms with van der Waals surface area (Å²) in [7, 11) is 0. The van der Waals surface area contributed by atoms with Gasteiger partial charge in [0.2, 0.25) is 0 Å². The van der Waals surface area contributed by atoms with Gasteiger partial charge in [-0.25, -0.2) is 9.97 Å². The molecular weight excluding hydrogens is 262 g/mol. The van der Waals surface area contributed by atoms with Crippen molar-refractivity contribution in [2.75, 3.05) is 6.61 Å². The Hall–Kier alpha value is -1.94. The highest BCUT2D eigenvalue weighted by atomic mass is 16.5. The van der Waals surface area contributed by atoms with Crippen LogP contribution in [0.2, 0.25) is 0 Å². The number of aromatic nitrogens is 2. The van der Waals surface area contributed by atoms with Gasteiger partial charge in [0.05, 0.1) is 17.3 Å². The molecular formula is C17H17N3O. The molecule has 1 aromatic heterocycles. The van der Waals surface area contributed by atoms with E-state index in [2.05, 4.69) is 17.4 Å². The number of fused-ring (bicyclic) bond motifs is 2. The minimum atomic E-state index is 0.185. The zero-order valence-electron chi connectivity index (χ0n) is 11.8. The van der Waals surface area contributed by atoms with E-state index >= 15 is 0 Å². The first kappa shape index (κ1) is 11.7. The fourth-order valence-electron chi connectivity index (χ4n) is 3.44. The molecule has 1 saturated carbocycles. The number of benzene rings is 1. The Balaban J connectivity index is 1.63. The van der Waals surface area contributed by atoms with Gasteiger partial charge in [-0.05, 0) is 18.9 Å². The fraction of sp³-hybridized carbons (Fsp3) is 0.412. The second-order valence-corrected chi connectivity index (χ2v) is 6.17. The third-order valence-corrected chi connectivity index (χ3v) is 4.71. The van der Waals surface area contributed by atoms with Gasteiger partial charge in [-0.1, -0.05) is 18.2 Å². The summed E-state index contributed by atoms with van der Waals surface area (Å²) < 4.78 is 5.81. The predicted molar refractivity (Wildman–Crippen MR) is 78.3 cm³/mol. The minimum Gasteiger partial charge on any atom is -0.492 e. The summed E-state index contributed by atoms with van der Waals surface area (Å²) >= 11 is 0. The van der Waals surface area contributed by atoms with Crippen molar-refractivity contribution in [2.24, 2.45) is 0 Å². The van der Waals surface area contributed by atoms with Gasteiger partial charge >= 0.3 is 0 Å². The predicted octanol–water partition coefficient (Wildman–Crippen LogP) is 2.48. The Morgan fingerprint density at radius 1 is 1.10 bits per heavy atom. The van der Waals surface area contributed by atoms with E-state index in [0.717, 1.165) is 24.7 Å². The monoisotopic (exact) mass is 279 g/mol. The Labute approximate surface area is 123 Å². The zero-order valence-corrected chi connectivity index (χ0v) is 11.8. The minimum absolute atomic E-state index is 0.185. The maximum Gasteiger partial charge on any atom is 0.139 e. The first-order valence-electron chi connectivity index (χ1n) is 7.72. The van der Waals surface area contributed by atoms with Gasteiger partial charge in [-0.2, -0.15) is 0 Å². The second-order valence-electron chi connectivity index (χ2n) is 6.17. The summed E-state index contributed by atoms with van der Waals surface area (Å²) in [4.78, 5) is 9.81. The van der Waals surface area contributed by atoms with Crippen molar-refractivity contribution in [1.29, 1.82) is 0 Å². The van der Waals surface area contributed by atoms with Crippen LogP contribution in [0.15, 0.2) is 24.3 Å². The van der Waals surface area contributed by atoms with E-state index < -0.39 is 0 Å². The lowest BCUT2D eigenvalue weighted by Gasteiger charge is -2.12. The molecule has 4 heteroatoms. The summed E-state index contributed by atoms with van der Waals surface area (Å²) in [5.41, 5.74) is 5.08. The summed E-state index contributed by atoms with van der Waals surface area (Å²) in [5.74, 6) is 2.78. The van der Waals surface area contributed by atoms with E-state index in [1.807, 2.05) is 12.1 Å². The van der Waals surface area contributed by atoms with E-state index in [4.69, 9.17) is 14.7 Å². The summed E-state index contributed by atoms with van der Waals surface area (Å²) in [6.45, 7) is 2.47. The van der Waals surface area contributed by atoms with Gasteiger partial charge in [-0.15, -0.1) is 0 Å². The molecule has 1 atom stereocenters. The lowest BCUT2D eigenvalue weighted by Crippen LogP contribution is -2.12. The molecule has 4 nitrogen and oxygen atoms in total. The normalized spacial score (nSPS) is 22.8. The van der Waals surface area contributed by atoms with Gasteiger partial charge in [0.15, 0.2) is 0 Å². The topological polar surface area (TPSA) is 47.0 Å². The van der Waals surface area contributed by atoms with Crippen LogP contribution in [-0.4, -0.2) is 16.6 Å². The first-order chi connectivity index (χ1) is 10.4. The number of hydrogen-bond acceptors (Lipinski definition) is 4. The van der Waals surface area contributed by atoms with Crippen molar-refractivity contribution in [3.8, 4) is 5.75 Å². The molecule has 0 amide bonds. The molecule has 1 aliphatic carbocycles. The van der Waals surface area contributed by atoms with E-state index in [1.165, 1.54) is 35.4 Å². The van der Waals surface area contributed by atoms with Crippen LogP contribution in [0.1, 0.15) is 53.0 Å². The second kappa shape index (κ2) is 4.28. The Morgan fingerprint density at radius 3 is 2.90 bits per heavy atom. The van der Waals surface area contributed by atoms with E-state index in [-0.39, 0.29) is 5.92 Å². The van der Waals surface area contributed by atoms with Crippen LogP contribution in [0.5, 0.6) is 5.75 Å². The first-order valence-corrected chi connectivity index (χ1v) is 7.72. The molecule has 1 unspecified atom stereocenters. The molecule has 3 aliphatic rings. The molecule has 3 heterocycles. The highest BCUT2D eigenvalue weighted by molar-refractivity contribution is 5.44. The maximum absolute atomic E-state index is 5.81. The Morgan fingerprint density at radius 2 is 2.00 bits per heavy atom. The average Bonchev–Trinajstić information content (AvgIpc) is 3.10. The third kappa shape index (κ3) is 1.79. The van der Waals surface area contributed by atoms with Crippen LogP contribution in [0.25, 0.3) is 0 Å². The van der Waals surface area contributed by atoms with E-state index in [1.54, 1.807) is 0 Å². The lowest BCUT2D eigenvalue weighted by molar-refractivity contribution is 0.339. The van der Waals surface area contributed by atoms with Crippen molar-refractivity contribution >= 4 is 0 Å². The molecule has 0 bridgehead atoms. The van der Waals surface area contributed by atoms with Crippen molar-refractivity contribution in [3.63, 3.8) is 0 Å². The van der Waals surface area contributed by atoms with Gasteiger partial charge in [0.25, 0.3) is 0 Å². The van der Waals surface area contributed by atoms with Crippen molar-refractivity contribution in [2.45, 2.75) is 37.8 Å². The maximum atomic E-state index is 5.81. The number of ether oxygens (including phenoxy) is 1. The molecule has 2 aromatic rings. The largest absolute Gasteiger partial charge is 0.492 e. The van der Waals surface area contributed by atoms with Gasteiger partial charge < -0.3 is 10.1 Å². The fourth-order valence-corrected chi connectivity index (χ4v) is 3.44. The third-order valence-electron chi connectivity index (χ3n) is 4.71. The summed E-state index contributed by atoms with van der Waals surface area (Å²) in [6, 6.07) is 8.26. The molecule has 21 heavy (non-hydrogen) atoms. The van der Waals surface area contributed by atoms with Crippen LogP contribution in [0.4, 0.5) is 0 Å². The van der Waals surface area contributed by atoms with Gasteiger partial charge in [0, 0.05) is 30.1 Å².